The van der Waals surface area contributed by atoms with Crippen LogP contribution in [0.1, 0.15) is 35.4 Å². The predicted molar refractivity (Wildman–Crippen MR) is 98.6 cm³/mol. The van der Waals surface area contributed by atoms with Crippen LogP contribution in [0, 0.1) is 11.3 Å². The molecule has 13 heteroatoms. The van der Waals surface area contributed by atoms with Gasteiger partial charge in [-0.15, -0.1) is 0 Å². The molecule has 0 radical (unpaired) electrons. The minimum Gasteiger partial charge on any atom is -0.449 e. The lowest BCUT2D eigenvalue weighted by Gasteiger charge is -2.13. The van der Waals surface area contributed by atoms with Crippen LogP contribution in [0.25, 0.3) is 0 Å². The van der Waals surface area contributed by atoms with E-state index < -0.39 is 47.7 Å². The van der Waals surface area contributed by atoms with Crippen LogP contribution in [0.15, 0.2) is 40.2 Å². The largest absolute Gasteiger partial charge is 0.449 e. The average Bonchev–Trinajstić information content (AvgIpc) is 2.71. The average molecular weight is 456 g/mol. The van der Waals surface area contributed by atoms with Crippen molar-refractivity contribution < 1.29 is 22.3 Å². The molecule has 0 aliphatic carbocycles. The normalized spacial score (nSPS) is 11.0. The molecule has 8 nitrogen and oxygen atoms in total. The van der Waals surface area contributed by atoms with Crippen molar-refractivity contribution in [2.45, 2.75) is 19.4 Å². The quantitative estimate of drug-likeness (QED) is 0.568. The molecule has 0 fully saturated rings. The standard InChI is InChI=1S/C18H10ClF4N5O3/c19-10-1-8(5-24)2-11(4-10)31-14-13(16(22)23)25-7-28(18(14)30)6-9-3-12(15(20)21)26-27-17(9)29/h1-4,7,15-16H,6H2,(H,27,29). The van der Waals surface area contributed by atoms with E-state index in [-0.39, 0.29) is 21.9 Å². The summed E-state index contributed by atoms with van der Waals surface area (Å²) in [7, 11) is 0. The van der Waals surface area contributed by atoms with Crippen LogP contribution in [0.4, 0.5) is 17.6 Å². The molecule has 2 aromatic heterocycles. The molecule has 3 rings (SSSR count). The van der Waals surface area contributed by atoms with Crippen molar-refractivity contribution >= 4 is 11.6 Å². The molecule has 0 unspecified atom stereocenters. The van der Waals surface area contributed by atoms with E-state index in [0.717, 1.165) is 17.0 Å². The van der Waals surface area contributed by atoms with E-state index in [4.69, 9.17) is 21.6 Å². The summed E-state index contributed by atoms with van der Waals surface area (Å²) in [5.41, 5.74) is -3.92. The Labute approximate surface area is 175 Å². The van der Waals surface area contributed by atoms with E-state index in [9.17, 15) is 27.2 Å². The summed E-state index contributed by atoms with van der Waals surface area (Å²) in [4.78, 5) is 28.1. The Morgan fingerprint density at radius 2 is 1.90 bits per heavy atom. The van der Waals surface area contributed by atoms with E-state index in [0.29, 0.717) is 0 Å². The number of aromatic amines is 1. The van der Waals surface area contributed by atoms with Crippen LogP contribution in [0.2, 0.25) is 5.02 Å². The first-order valence-electron chi connectivity index (χ1n) is 8.32. The lowest BCUT2D eigenvalue weighted by atomic mass is 10.2. The van der Waals surface area contributed by atoms with Gasteiger partial charge in [-0.1, -0.05) is 11.6 Å². The summed E-state index contributed by atoms with van der Waals surface area (Å²) in [6.45, 7) is -0.567. The van der Waals surface area contributed by atoms with Gasteiger partial charge in [0, 0.05) is 10.6 Å². The van der Waals surface area contributed by atoms with Gasteiger partial charge in [-0.25, -0.2) is 27.6 Å². The third-order valence-corrected chi connectivity index (χ3v) is 4.13. The van der Waals surface area contributed by atoms with Crippen molar-refractivity contribution in [3.8, 4) is 17.6 Å². The smallest absolute Gasteiger partial charge is 0.297 e. The molecule has 0 saturated carbocycles. The molecule has 3 aromatic rings. The number of nitrogens with zero attached hydrogens (tertiary/aromatic N) is 4. The second-order valence-electron chi connectivity index (χ2n) is 6.03. The molecule has 0 amide bonds. The van der Waals surface area contributed by atoms with Gasteiger partial charge in [-0.2, -0.15) is 10.4 Å². The fourth-order valence-corrected chi connectivity index (χ4v) is 2.75. The summed E-state index contributed by atoms with van der Waals surface area (Å²) < 4.78 is 58.4. The van der Waals surface area contributed by atoms with Crippen molar-refractivity contribution in [1.82, 2.24) is 19.7 Å². The van der Waals surface area contributed by atoms with E-state index >= 15 is 0 Å². The molecule has 1 N–H and O–H groups in total. The first kappa shape index (κ1) is 22.0. The molecular formula is C18H10ClF4N5O3. The lowest BCUT2D eigenvalue weighted by Crippen LogP contribution is -2.27. The molecule has 0 aliphatic heterocycles. The zero-order valence-corrected chi connectivity index (χ0v) is 15.9. The highest BCUT2D eigenvalue weighted by Crippen LogP contribution is 2.30. The number of ether oxygens (including phenoxy) is 1. The fraction of sp³-hybridized carbons (Fsp3) is 0.167. The monoisotopic (exact) mass is 455 g/mol. The van der Waals surface area contributed by atoms with Crippen molar-refractivity contribution in [1.29, 1.82) is 5.26 Å². The third kappa shape index (κ3) is 4.89. The van der Waals surface area contributed by atoms with Gasteiger partial charge in [0.2, 0.25) is 5.75 Å². The third-order valence-electron chi connectivity index (χ3n) is 3.92. The van der Waals surface area contributed by atoms with E-state index in [1.165, 1.54) is 18.2 Å². The molecule has 0 saturated heterocycles. The molecule has 0 spiro atoms. The fourth-order valence-electron chi connectivity index (χ4n) is 2.53. The first-order chi connectivity index (χ1) is 14.7. The highest BCUT2D eigenvalue weighted by atomic mass is 35.5. The second-order valence-corrected chi connectivity index (χ2v) is 6.47. The Morgan fingerprint density at radius 3 is 2.55 bits per heavy atom. The Morgan fingerprint density at radius 1 is 1.16 bits per heavy atom. The highest BCUT2D eigenvalue weighted by molar-refractivity contribution is 6.30. The number of benzene rings is 1. The van der Waals surface area contributed by atoms with Gasteiger partial charge in [0.25, 0.3) is 24.0 Å². The maximum Gasteiger partial charge on any atom is 0.297 e. The number of alkyl halides is 4. The van der Waals surface area contributed by atoms with Crippen LogP contribution >= 0.6 is 11.6 Å². The summed E-state index contributed by atoms with van der Waals surface area (Å²) in [5.74, 6) is -1.05. The van der Waals surface area contributed by atoms with Crippen molar-refractivity contribution in [2.75, 3.05) is 0 Å². The molecular weight excluding hydrogens is 446 g/mol. The summed E-state index contributed by atoms with van der Waals surface area (Å²) >= 11 is 5.85. The number of nitriles is 1. The van der Waals surface area contributed by atoms with Crippen molar-refractivity contribution in [2.24, 2.45) is 0 Å². The van der Waals surface area contributed by atoms with E-state index in [1.54, 1.807) is 6.07 Å². The Bertz CT molecular complexity index is 1290. The number of H-pyrrole nitrogens is 1. The minimum atomic E-state index is -3.19. The number of halogens is 5. The summed E-state index contributed by atoms with van der Waals surface area (Å²) in [6.07, 6.45) is -5.44. The maximum atomic E-state index is 13.4. The molecule has 2 heterocycles. The zero-order valence-electron chi connectivity index (χ0n) is 15.2. The first-order valence-corrected chi connectivity index (χ1v) is 8.70. The highest BCUT2D eigenvalue weighted by Gasteiger charge is 2.23. The SMILES string of the molecule is N#Cc1cc(Cl)cc(Oc2c(C(F)F)ncn(Cc3cc(C(F)F)n[nH]c3=O)c2=O)c1. The number of rotatable bonds is 6. The summed E-state index contributed by atoms with van der Waals surface area (Å²) in [5, 5.41) is 14.1. The second kappa shape index (κ2) is 8.97. The molecule has 1 aromatic carbocycles. The Kier molecular flexibility index (Phi) is 6.36. The van der Waals surface area contributed by atoms with Gasteiger partial charge in [-0.3, -0.25) is 14.2 Å². The number of hydrogen-bond donors (Lipinski definition) is 1. The van der Waals surface area contributed by atoms with Crippen LogP contribution < -0.4 is 15.9 Å². The van der Waals surface area contributed by atoms with Gasteiger partial charge < -0.3 is 4.74 Å². The van der Waals surface area contributed by atoms with Crippen LogP contribution in [0.5, 0.6) is 11.5 Å². The van der Waals surface area contributed by atoms with Crippen LogP contribution in [0.3, 0.4) is 0 Å². The molecule has 0 bridgehead atoms. The van der Waals surface area contributed by atoms with Crippen LogP contribution in [-0.4, -0.2) is 19.7 Å². The number of nitrogens with one attached hydrogen (secondary N) is 1. The molecule has 0 aliphatic rings. The molecule has 31 heavy (non-hydrogen) atoms. The number of hydrogen-bond acceptors (Lipinski definition) is 6. The lowest BCUT2D eigenvalue weighted by molar-refractivity contribution is 0.141. The van der Waals surface area contributed by atoms with Gasteiger partial charge >= 0.3 is 0 Å². The Hall–Kier alpha value is -3.72. The van der Waals surface area contributed by atoms with Gasteiger partial charge in [0.1, 0.15) is 11.4 Å². The summed E-state index contributed by atoms with van der Waals surface area (Å²) in [6, 6.07) is 6.23. The maximum absolute atomic E-state index is 13.4. The predicted octanol–water partition coefficient (Wildman–Crippen LogP) is 3.57. The van der Waals surface area contributed by atoms with E-state index in [1.807, 2.05) is 5.10 Å². The van der Waals surface area contributed by atoms with E-state index in [2.05, 4.69) is 10.1 Å². The molecule has 160 valence electrons. The number of aromatic nitrogens is 4. The molecule has 0 atom stereocenters. The van der Waals surface area contributed by atoms with Crippen LogP contribution in [-0.2, 0) is 6.54 Å². The minimum absolute atomic E-state index is 0.0492. The Balaban J connectivity index is 2.07. The van der Waals surface area contributed by atoms with Crippen molar-refractivity contribution in [3.63, 3.8) is 0 Å². The van der Waals surface area contributed by atoms with Crippen molar-refractivity contribution in [3.05, 3.63) is 78.8 Å². The van der Waals surface area contributed by atoms with Gasteiger partial charge in [-0.05, 0) is 24.3 Å². The topological polar surface area (TPSA) is 114 Å². The zero-order chi connectivity index (χ0) is 22.7. The van der Waals surface area contributed by atoms with Gasteiger partial charge in [0.15, 0.2) is 5.69 Å². The van der Waals surface area contributed by atoms with Gasteiger partial charge in [0.05, 0.1) is 24.5 Å².